The maximum atomic E-state index is 12.6. The molecule has 36 heavy (non-hydrogen) atoms. The molecular weight excluding hydrogens is 482 g/mol. The minimum Gasteiger partial charge on any atom is -0.481 e. The first-order chi connectivity index (χ1) is 17.3. The molecule has 11 heteroatoms. The van der Waals surface area contributed by atoms with Crippen molar-refractivity contribution in [3.63, 3.8) is 0 Å². The third kappa shape index (κ3) is 6.28. The van der Waals surface area contributed by atoms with Gasteiger partial charge in [-0.25, -0.2) is 9.97 Å². The third-order valence-corrected chi connectivity index (χ3v) is 6.03. The first kappa shape index (κ1) is 24.9. The summed E-state index contributed by atoms with van der Waals surface area (Å²) in [5.74, 6) is -0.319. The molecule has 1 saturated heterocycles. The van der Waals surface area contributed by atoms with E-state index in [0.717, 1.165) is 31.5 Å². The van der Waals surface area contributed by atoms with Crippen molar-refractivity contribution in [3.05, 3.63) is 76.2 Å². The fraction of sp³-hybridized carbons (Fsp3) is 0.240. The fourth-order valence-corrected chi connectivity index (χ4v) is 4.26. The maximum Gasteiger partial charge on any atom is 0.308 e. The second-order valence-electron chi connectivity index (χ2n) is 8.44. The number of nitrogens with zero attached hydrogens (tertiary/aromatic N) is 3. The molecule has 0 radical (unpaired) electrons. The van der Waals surface area contributed by atoms with Crippen molar-refractivity contribution in [2.24, 2.45) is 5.73 Å². The summed E-state index contributed by atoms with van der Waals surface area (Å²) in [5, 5.41) is 22.2. The van der Waals surface area contributed by atoms with Crippen LogP contribution < -0.4 is 21.3 Å². The molecule has 0 spiro atoms. The monoisotopic (exact) mass is 507 g/mol. The normalized spacial score (nSPS) is 12.9. The van der Waals surface area contributed by atoms with E-state index in [4.69, 9.17) is 22.7 Å². The van der Waals surface area contributed by atoms with Crippen LogP contribution in [0.4, 0.5) is 17.2 Å². The lowest BCUT2D eigenvalue weighted by atomic mass is 10.1. The highest BCUT2D eigenvalue weighted by Gasteiger charge is 2.23. The van der Waals surface area contributed by atoms with Crippen molar-refractivity contribution in [2.45, 2.75) is 25.7 Å². The molecule has 2 heterocycles. The summed E-state index contributed by atoms with van der Waals surface area (Å²) in [6.07, 6.45) is 2.23. The third-order valence-electron chi connectivity index (χ3n) is 5.71. The summed E-state index contributed by atoms with van der Waals surface area (Å²) >= 11 is 6.39. The van der Waals surface area contributed by atoms with Crippen molar-refractivity contribution in [3.8, 4) is 0 Å². The van der Waals surface area contributed by atoms with Crippen LogP contribution in [0.25, 0.3) is 0 Å². The van der Waals surface area contributed by atoms with Gasteiger partial charge in [0.25, 0.3) is 5.91 Å². The van der Waals surface area contributed by atoms with Gasteiger partial charge in [0.05, 0.1) is 6.42 Å². The van der Waals surface area contributed by atoms with E-state index in [-0.39, 0.29) is 23.4 Å². The molecular formula is C25H26ClN7O3. The van der Waals surface area contributed by atoms with E-state index in [0.29, 0.717) is 40.6 Å². The number of aromatic nitrogens is 2. The van der Waals surface area contributed by atoms with Crippen LogP contribution in [0.1, 0.15) is 40.2 Å². The van der Waals surface area contributed by atoms with E-state index in [1.165, 1.54) is 0 Å². The van der Waals surface area contributed by atoms with Crippen LogP contribution in [0, 0.1) is 5.41 Å². The summed E-state index contributed by atoms with van der Waals surface area (Å²) in [7, 11) is 0. The quantitative estimate of drug-likeness (QED) is 0.176. The second-order valence-corrected chi connectivity index (χ2v) is 8.80. The molecule has 1 aromatic heterocycles. The van der Waals surface area contributed by atoms with Crippen LogP contribution in [0.5, 0.6) is 0 Å². The first-order valence-corrected chi connectivity index (χ1v) is 11.8. The molecule has 1 fully saturated rings. The first-order valence-electron chi connectivity index (χ1n) is 11.4. The molecule has 3 aromatic rings. The van der Waals surface area contributed by atoms with E-state index in [2.05, 4.69) is 25.5 Å². The van der Waals surface area contributed by atoms with Crippen LogP contribution in [-0.2, 0) is 17.6 Å². The Morgan fingerprint density at radius 3 is 2.22 bits per heavy atom. The zero-order valence-electron chi connectivity index (χ0n) is 19.4. The Morgan fingerprint density at radius 2 is 1.61 bits per heavy atom. The van der Waals surface area contributed by atoms with Crippen molar-refractivity contribution >= 4 is 46.6 Å². The Bertz CT molecular complexity index is 1270. The number of hydrogen-bond donors (Lipinski definition) is 5. The molecule has 0 unspecified atom stereocenters. The zero-order chi connectivity index (χ0) is 25.7. The summed E-state index contributed by atoms with van der Waals surface area (Å²) in [5.41, 5.74) is 8.38. The number of nitrogens with one attached hydrogen (secondary N) is 3. The second kappa shape index (κ2) is 11.0. The molecule has 1 amide bonds. The Labute approximate surface area is 213 Å². The summed E-state index contributed by atoms with van der Waals surface area (Å²) < 4.78 is 0. The number of rotatable bonds is 8. The van der Waals surface area contributed by atoms with Gasteiger partial charge in [0.1, 0.15) is 16.8 Å². The number of carboxylic acids is 1. The molecule has 0 saturated carbocycles. The summed E-state index contributed by atoms with van der Waals surface area (Å²) in [6, 6.07) is 13.9. The maximum absolute atomic E-state index is 12.6. The van der Waals surface area contributed by atoms with E-state index < -0.39 is 5.97 Å². The van der Waals surface area contributed by atoms with Gasteiger partial charge in [-0.15, -0.1) is 0 Å². The number of guanidine groups is 1. The number of aliphatic carboxylic acids is 1. The van der Waals surface area contributed by atoms with Gasteiger partial charge < -0.3 is 26.4 Å². The number of hydrogen-bond acceptors (Lipinski definition) is 6. The van der Waals surface area contributed by atoms with Gasteiger partial charge in [0.15, 0.2) is 5.96 Å². The lowest BCUT2D eigenvalue weighted by Crippen LogP contribution is -2.23. The number of carbonyl (C=O) groups is 2. The van der Waals surface area contributed by atoms with Gasteiger partial charge in [-0.1, -0.05) is 23.7 Å². The van der Waals surface area contributed by atoms with Crippen LogP contribution in [0.2, 0.25) is 5.15 Å². The molecule has 0 bridgehead atoms. The van der Waals surface area contributed by atoms with Crippen molar-refractivity contribution in [2.75, 3.05) is 28.6 Å². The number of nitrogens with two attached hydrogens (primary N) is 1. The molecule has 4 rings (SSSR count). The molecule has 1 aliphatic heterocycles. The van der Waals surface area contributed by atoms with Gasteiger partial charge in [-0.3, -0.25) is 15.0 Å². The topological polar surface area (TPSA) is 157 Å². The van der Waals surface area contributed by atoms with E-state index in [1.807, 2.05) is 12.1 Å². The van der Waals surface area contributed by atoms with E-state index in [1.54, 1.807) is 36.4 Å². The van der Waals surface area contributed by atoms with Gasteiger partial charge in [0.2, 0.25) is 0 Å². The average Bonchev–Trinajstić information content (AvgIpc) is 3.36. The average molecular weight is 508 g/mol. The minimum absolute atomic E-state index is 0.165. The van der Waals surface area contributed by atoms with Gasteiger partial charge in [-0.05, 0) is 54.8 Å². The SMILES string of the molecule is N=C(N)Nc1ccc(C(=O)Nc2ccc(Cc3nc(Cl)c(CC(=O)O)c(N4CCCC4)n3)cc2)cc1. The zero-order valence-corrected chi connectivity index (χ0v) is 20.2. The highest BCUT2D eigenvalue weighted by molar-refractivity contribution is 6.30. The molecule has 186 valence electrons. The fourth-order valence-electron chi connectivity index (χ4n) is 4.01. The number of anilines is 3. The van der Waals surface area contributed by atoms with Crippen molar-refractivity contribution in [1.29, 1.82) is 5.41 Å². The van der Waals surface area contributed by atoms with Gasteiger partial charge in [-0.2, -0.15) is 0 Å². The molecule has 0 aliphatic carbocycles. The Kier molecular flexibility index (Phi) is 7.65. The number of carbonyl (C=O) groups excluding carboxylic acids is 1. The number of amides is 1. The lowest BCUT2D eigenvalue weighted by molar-refractivity contribution is -0.136. The Balaban J connectivity index is 1.45. The number of benzene rings is 2. The molecule has 1 aliphatic rings. The van der Waals surface area contributed by atoms with Crippen LogP contribution in [0.3, 0.4) is 0 Å². The summed E-state index contributed by atoms with van der Waals surface area (Å²) in [6.45, 7) is 1.62. The Morgan fingerprint density at radius 1 is 1.00 bits per heavy atom. The van der Waals surface area contributed by atoms with Crippen LogP contribution in [-0.4, -0.2) is 46.0 Å². The highest BCUT2D eigenvalue weighted by Crippen LogP contribution is 2.28. The van der Waals surface area contributed by atoms with E-state index in [9.17, 15) is 14.7 Å². The highest BCUT2D eigenvalue weighted by atomic mass is 35.5. The lowest BCUT2D eigenvalue weighted by Gasteiger charge is -2.21. The molecule has 0 atom stereocenters. The van der Waals surface area contributed by atoms with Gasteiger partial charge in [0, 0.05) is 42.0 Å². The minimum atomic E-state index is -0.977. The molecule has 10 nitrogen and oxygen atoms in total. The van der Waals surface area contributed by atoms with Crippen LogP contribution >= 0.6 is 11.6 Å². The smallest absolute Gasteiger partial charge is 0.308 e. The van der Waals surface area contributed by atoms with Crippen molar-refractivity contribution in [1.82, 2.24) is 9.97 Å². The van der Waals surface area contributed by atoms with Crippen molar-refractivity contribution < 1.29 is 14.7 Å². The predicted molar refractivity (Wildman–Crippen MR) is 139 cm³/mol. The Hall–Kier alpha value is -4.18. The molecule has 2 aromatic carbocycles. The number of carboxylic acid groups (broad SMARTS) is 1. The summed E-state index contributed by atoms with van der Waals surface area (Å²) in [4.78, 5) is 35.0. The van der Waals surface area contributed by atoms with Crippen LogP contribution in [0.15, 0.2) is 48.5 Å². The standard InChI is InChI=1S/C25H26ClN7O3/c26-22-19(14-21(34)35)23(33-11-1-2-12-33)32-20(31-22)13-15-3-7-17(8-4-15)29-24(36)16-5-9-18(10-6-16)30-25(27)28/h3-10H,1-2,11-14H2,(H,29,36)(H,34,35)(H4,27,28,30). The predicted octanol–water partition coefficient (Wildman–Crippen LogP) is 3.51. The van der Waals surface area contributed by atoms with E-state index >= 15 is 0 Å². The van der Waals surface area contributed by atoms with Gasteiger partial charge >= 0.3 is 5.97 Å². The largest absolute Gasteiger partial charge is 0.481 e. The molecule has 6 N–H and O–H groups in total. The number of halogens is 1.